The molecule has 4 heterocycles. The highest BCUT2D eigenvalue weighted by Crippen LogP contribution is 2.44. The number of aromatic nitrogens is 1. The van der Waals surface area contributed by atoms with E-state index >= 15 is 0 Å². The van der Waals surface area contributed by atoms with E-state index in [-0.39, 0.29) is 11.6 Å². The lowest BCUT2D eigenvalue weighted by atomic mass is 9.74. The summed E-state index contributed by atoms with van der Waals surface area (Å²) in [5.74, 6) is 0.146. The summed E-state index contributed by atoms with van der Waals surface area (Å²) in [5.41, 5.74) is 1.38. The molecule has 3 fully saturated rings. The van der Waals surface area contributed by atoms with Gasteiger partial charge in [0, 0.05) is 37.9 Å². The van der Waals surface area contributed by atoms with Crippen LogP contribution in [0.4, 0.5) is 4.39 Å². The molecule has 5 heteroatoms. The van der Waals surface area contributed by atoms with Crippen LogP contribution in [0.5, 0.6) is 0 Å². The van der Waals surface area contributed by atoms with Crippen LogP contribution in [0.1, 0.15) is 47.8 Å². The van der Waals surface area contributed by atoms with E-state index in [9.17, 15) is 9.18 Å². The molecule has 2 aromatic rings. The Morgan fingerprint density at radius 1 is 1.04 bits per heavy atom. The van der Waals surface area contributed by atoms with Crippen molar-refractivity contribution >= 4 is 5.91 Å². The molecular formula is C23H26FN3O. The lowest BCUT2D eigenvalue weighted by Crippen LogP contribution is -2.60. The fraction of sp³-hybridized carbons (Fsp3) is 0.478. The number of carbonyl (C=O) groups excluding carboxylic acids is 1. The third-order valence-electron chi connectivity index (χ3n) is 6.82. The van der Waals surface area contributed by atoms with E-state index in [1.54, 1.807) is 0 Å². The quantitative estimate of drug-likeness (QED) is 0.794. The van der Waals surface area contributed by atoms with E-state index in [1.807, 2.05) is 4.90 Å². The van der Waals surface area contributed by atoms with Gasteiger partial charge in [-0.15, -0.1) is 0 Å². The summed E-state index contributed by atoms with van der Waals surface area (Å²) in [6.07, 6.45) is 6.30. The molecule has 0 spiro atoms. The molecule has 5 rings (SSSR count). The van der Waals surface area contributed by atoms with Crippen molar-refractivity contribution in [1.82, 2.24) is 14.8 Å². The maximum Gasteiger partial charge on any atom is 0.275 e. The largest absolute Gasteiger partial charge is 0.337 e. The average molecular weight is 379 g/mol. The number of likely N-dealkylation sites (tertiary alicyclic amines) is 1. The molecule has 28 heavy (non-hydrogen) atoms. The standard InChI is InChI=1S/C23H26FN3O/c24-19-8-5-11-25-22(19)23(28)26-13-16-12-18(15-26)21-10-4-9-20(27(21)14-16)17-6-2-1-3-7-17/h1-3,5-8,11,16,18,20-21H,4,9-10,12-15H2/t16-,18+,20+,21-/m0/s1. The fourth-order valence-electron chi connectivity index (χ4n) is 5.70. The van der Waals surface area contributed by atoms with Gasteiger partial charge in [0.05, 0.1) is 0 Å². The molecule has 4 atom stereocenters. The van der Waals surface area contributed by atoms with Gasteiger partial charge in [0.2, 0.25) is 0 Å². The van der Waals surface area contributed by atoms with Gasteiger partial charge in [0.1, 0.15) is 0 Å². The van der Waals surface area contributed by atoms with Crippen LogP contribution in [-0.4, -0.2) is 46.4 Å². The van der Waals surface area contributed by atoms with Gasteiger partial charge in [-0.3, -0.25) is 9.69 Å². The highest BCUT2D eigenvalue weighted by Gasteiger charge is 2.46. The molecule has 0 unspecified atom stereocenters. The lowest BCUT2D eigenvalue weighted by Gasteiger charge is -2.55. The van der Waals surface area contributed by atoms with Crippen LogP contribution in [0.2, 0.25) is 0 Å². The molecular weight excluding hydrogens is 353 g/mol. The minimum Gasteiger partial charge on any atom is -0.337 e. The summed E-state index contributed by atoms with van der Waals surface area (Å²) in [6, 6.07) is 14.7. The molecule has 146 valence electrons. The van der Waals surface area contributed by atoms with Crippen molar-refractivity contribution in [1.29, 1.82) is 0 Å². The zero-order chi connectivity index (χ0) is 19.1. The summed E-state index contributed by atoms with van der Waals surface area (Å²) in [6.45, 7) is 2.44. The van der Waals surface area contributed by atoms with Gasteiger partial charge in [-0.05, 0) is 55.2 Å². The first kappa shape index (κ1) is 17.8. The number of piperidine rings is 3. The van der Waals surface area contributed by atoms with Crippen LogP contribution in [0.15, 0.2) is 48.7 Å². The van der Waals surface area contributed by atoms with Crippen molar-refractivity contribution in [3.05, 3.63) is 65.7 Å². The van der Waals surface area contributed by atoms with E-state index in [1.165, 1.54) is 49.6 Å². The second-order valence-electron chi connectivity index (χ2n) is 8.53. The first-order valence-electron chi connectivity index (χ1n) is 10.4. The number of rotatable bonds is 2. The van der Waals surface area contributed by atoms with Crippen molar-refractivity contribution in [2.75, 3.05) is 19.6 Å². The third-order valence-corrected chi connectivity index (χ3v) is 6.82. The van der Waals surface area contributed by atoms with Crippen molar-refractivity contribution < 1.29 is 9.18 Å². The van der Waals surface area contributed by atoms with Gasteiger partial charge >= 0.3 is 0 Å². The first-order chi connectivity index (χ1) is 13.7. The predicted octanol–water partition coefficient (Wildman–Crippen LogP) is 3.91. The smallest absolute Gasteiger partial charge is 0.275 e. The van der Waals surface area contributed by atoms with Gasteiger partial charge in [-0.2, -0.15) is 0 Å². The van der Waals surface area contributed by atoms with Gasteiger partial charge < -0.3 is 4.90 Å². The van der Waals surface area contributed by atoms with Crippen molar-refractivity contribution in [2.45, 2.75) is 37.8 Å². The Bertz CT molecular complexity index is 858. The topological polar surface area (TPSA) is 36.4 Å². The highest BCUT2D eigenvalue weighted by atomic mass is 19.1. The van der Waals surface area contributed by atoms with Gasteiger partial charge in [0.15, 0.2) is 11.5 Å². The minimum absolute atomic E-state index is 0.0369. The number of halogens is 1. The van der Waals surface area contributed by atoms with Gasteiger partial charge in [-0.25, -0.2) is 9.37 Å². The number of carbonyl (C=O) groups is 1. The molecule has 2 bridgehead atoms. The van der Waals surface area contributed by atoms with Crippen LogP contribution in [-0.2, 0) is 0 Å². The normalized spacial score (nSPS) is 30.0. The van der Waals surface area contributed by atoms with Crippen molar-refractivity contribution in [2.24, 2.45) is 11.8 Å². The Kier molecular flexibility index (Phi) is 4.63. The molecule has 1 aromatic heterocycles. The van der Waals surface area contributed by atoms with Crippen molar-refractivity contribution in [3.63, 3.8) is 0 Å². The summed E-state index contributed by atoms with van der Waals surface area (Å²) >= 11 is 0. The van der Waals surface area contributed by atoms with Gasteiger partial charge in [0.25, 0.3) is 5.91 Å². The zero-order valence-corrected chi connectivity index (χ0v) is 16.0. The third kappa shape index (κ3) is 3.12. The number of nitrogens with zero attached hydrogens (tertiary/aromatic N) is 3. The summed E-state index contributed by atoms with van der Waals surface area (Å²) in [5, 5.41) is 0. The molecule has 0 N–H and O–H groups in total. The van der Waals surface area contributed by atoms with E-state index in [0.717, 1.165) is 6.54 Å². The molecule has 3 aliphatic rings. The van der Waals surface area contributed by atoms with Crippen molar-refractivity contribution in [3.8, 4) is 0 Å². The maximum absolute atomic E-state index is 14.1. The van der Waals surface area contributed by atoms with E-state index < -0.39 is 5.82 Å². The number of fused-ring (bicyclic) bond motifs is 4. The number of pyridine rings is 1. The Balaban J connectivity index is 1.37. The van der Waals surface area contributed by atoms with E-state index in [2.05, 4.69) is 40.2 Å². The zero-order valence-electron chi connectivity index (χ0n) is 16.0. The summed E-state index contributed by atoms with van der Waals surface area (Å²) < 4.78 is 14.1. The molecule has 0 saturated carbocycles. The number of amides is 1. The minimum atomic E-state index is -0.522. The molecule has 4 nitrogen and oxygen atoms in total. The maximum atomic E-state index is 14.1. The number of hydrogen-bond donors (Lipinski definition) is 0. The highest BCUT2D eigenvalue weighted by molar-refractivity contribution is 5.92. The van der Waals surface area contributed by atoms with Crippen LogP contribution in [0.25, 0.3) is 0 Å². The fourth-order valence-corrected chi connectivity index (χ4v) is 5.70. The molecule has 3 saturated heterocycles. The molecule has 1 amide bonds. The van der Waals surface area contributed by atoms with Crippen LogP contribution in [0, 0.1) is 17.7 Å². The molecule has 1 aromatic carbocycles. The Morgan fingerprint density at radius 3 is 2.71 bits per heavy atom. The Morgan fingerprint density at radius 2 is 1.89 bits per heavy atom. The first-order valence-corrected chi connectivity index (χ1v) is 10.4. The molecule has 0 aliphatic carbocycles. The van der Waals surface area contributed by atoms with Crippen LogP contribution in [0.3, 0.4) is 0 Å². The second kappa shape index (κ2) is 7.28. The Hall–Kier alpha value is -2.27. The van der Waals surface area contributed by atoms with Gasteiger partial charge in [-0.1, -0.05) is 30.3 Å². The summed E-state index contributed by atoms with van der Waals surface area (Å²) in [4.78, 5) is 21.5. The molecule has 0 radical (unpaired) electrons. The Labute approximate surface area is 165 Å². The number of hydrogen-bond acceptors (Lipinski definition) is 3. The van der Waals surface area contributed by atoms with E-state index in [0.29, 0.717) is 37.0 Å². The average Bonchev–Trinajstić information content (AvgIpc) is 2.74. The lowest BCUT2D eigenvalue weighted by molar-refractivity contribution is -0.0513. The SMILES string of the molecule is O=C(c1ncccc1F)N1C[C@@H]2C[C@H](C1)[C@@H]1CCC[C@H](c3ccccc3)N1C2. The second-order valence-corrected chi connectivity index (χ2v) is 8.53. The van der Waals surface area contributed by atoms with Crippen LogP contribution < -0.4 is 0 Å². The van der Waals surface area contributed by atoms with Crippen LogP contribution >= 0.6 is 0 Å². The number of benzene rings is 1. The molecule has 3 aliphatic heterocycles. The van der Waals surface area contributed by atoms with E-state index in [4.69, 9.17) is 0 Å². The predicted molar refractivity (Wildman–Crippen MR) is 105 cm³/mol. The monoisotopic (exact) mass is 379 g/mol. The summed E-state index contributed by atoms with van der Waals surface area (Å²) in [7, 11) is 0.